The highest BCUT2D eigenvalue weighted by Gasteiger charge is 2.33. The summed E-state index contributed by atoms with van der Waals surface area (Å²) in [7, 11) is 1.65. The molecule has 1 aliphatic rings. The number of amidine groups is 2. The van der Waals surface area contributed by atoms with E-state index in [9.17, 15) is 0 Å². The van der Waals surface area contributed by atoms with Crippen LogP contribution in [0.2, 0.25) is 5.02 Å². The third-order valence-corrected chi connectivity index (χ3v) is 6.14. The fourth-order valence-corrected chi connectivity index (χ4v) is 4.53. The monoisotopic (exact) mass is 402 g/mol. The fourth-order valence-electron chi connectivity index (χ4n) is 3.18. The van der Waals surface area contributed by atoms with Gasteiger partial charge in [-0.3, -0.25) is 20.7 Å². The van der Waals surface area contributed by atoms with Crippen molar-refractivity contribution in [2.45, 2.75) is 33.2 Å². The number of anilines is 1. The van der Waals surface area contributed by atoms with Gasteiger partial charge >= 0.3 is 0 Å². The number of hydrogen-bond donors (Lipinski definition) is 2. The molecule has 0 aliphatic carbocycles. The Labute approximate surface area is 168 Å². The number of thiophene rings is 1. The van der Waals surface area contributed by atoms with Crippen LogP contribution in [0.1, 0.15) is 34.9 Å². The lowest BCUT2D eigenvalue weighted by molar-refractivity contribution is 0.193. The van der Waals surface area contributed by atoms with Crippen LogP contribution in [0.5, 0.6) is 0 Å². The van der Waals surface area contributed by atoms with Crippen LogP contribution in [0.4, 0.5) is 5.00 Å². The maximum absolute atomic E-state index is 8.76. The van der Waals surface area contributed by atoms with Crippen LogP contribution in [-0.4, -0.2) is 37.1 Å². The highest BCUT2D eigenvalue weighted by Crippen LogP contribution is 2.40. The zero-order valence-electron chi connectivity index (χ0n) is 15.9. The summed E-state index contributed by atoms with van der Waals surface area (Å²) >= 11 is 7.68. The van der Waals surface area contributed by atoms with Gasteiger partial charge in [0.15, 0.2) is 0 Å². The van der Waals surface area contributed by atoms with E-state index in [-0.39, 0.29) is 6.04 Å². The maximum Gasteiger partial charge on any atom is 0.132 e. The Hall–Kier alpha value is -2.02. The minimum absolute atomic E-state index is 0.311. The number of halogens is 1. The third-order valence-electron chi connectivity index (χ3n) is 4.70. The molecule has 0 amide bonds. The van der Waals surface area contributed by atoms with Gasteiger partial charge in [-0.05, 0) is 38.5 Å². The molecular weight excluding hydrogens is 380 g/mol. The standard InChI is InChI=1S/C20H23ClN4OS/c1-11-12(2)27-20-17(11)18(14-5-7-15(21)8-6-14)24-16(9-10-26-4)19(23)25(20)13(3)22/h5-8,16,22-23H,9-10H2,1-4H3/t16-/m0/s1. The molecule has 1 aromatic carbocycles. The molecule has 2 N–H and O–H groups in total. The van der Waals surface area contributed by atoms with Crippen LogP contribution < -0.4 is 4.90 Å². The Bertz CT molecular complexity index is 917. The molecule has 0 fully saturated rings. The molecule has 0 radical (unpaired) electrons. The van der Waals surface area contributed by atoms with Crippen LogP contribution in [0.25, 0.3) is 0 Å². The summed E-state index contributed by atoms with van der Waals surface area (Å²) in [4.78, 5) is 7.86. The molecule has 1 aliphatic heterocycles. The van der Waals surface area contributed by atoms with E-state index >= 15 is 0 Å². The summed E-state index contributed by atoms with van der Waals surface area (Å²) in [5, 5.41) is 18.6. The van der Waals surface area contributed by atoms with Gasteiger partial charge in [-0.25, -0.2) is 0 Å². The van der Waals surface area contributed by atoms with Crippen LogP contribution in [0, 0.1) is 24.7 Å². The van der Waals surface area contributed by atoms with E-state index in [1.807, 2.05) is 24.3 Å². The van der Waals surface area contributed by atoms with Gasteiger partial charge in [-0.15, -0.1) is 11.3 Å². The van der Waals surface area contributed by atoms with E-state index < -0.39 is 0 Å². The van der Waals surface area contributed by atoms with Gasteiger partial charge in [-0.2, -0.15) is 0 Å². The molecule has 0 saturated carbocycles. The molecular formula is C20H23ClN4OS. The van der Waals surface area contributed by atoms with Crippen LogP contribution >= 0.6 is 22.9 Å². The van der Waals surface area contributed by atoms with Crippen molar-refractivity contribution in [2.24, 2.45) is 4.99 Å². The Morgan fingerprint density at radius 3 is 2.56 bits per heavy atom. The highest BCUT2D eigenvalue weighted by molar-refractivity contribution is 7.17. The van der Waals surface area contributed by atoms with Crippen molar-refractivity contribution in [2.75, 3.05) is 18.6 Å². The first-order valence-corrected chi connectivity index (χ1v) is 9.91. The number of benzene rings is 1. The topological polar surface area (TPSA) is 72.5 Å². The van der Waals surface area contributed by atoms with Crippen molar-refractivity contribution in [1.29, 1.82) is 10.8 Å². The van der Waals surface area contributed by atoms with E-state index in [1.165, 1.54) is 0 Å². The lowest BCUT2D eigenvalue weighted by atomic mass is 9.99. The van der Waals surface area contributed by atoms with Crippen LogP contribution in [-0.2, 0) is 4.74 Å². The summed E-state index contributed by atoms with van der Waals surface area (Å²) in [6, 6.07) is 7.25. The van der Waals surface area contributed by atoms with E-state index in [0.717, 1.165) is 32.3 Å². The van der Waals surface area contributed by atoms with Crippen LogP contribution in [0.15, 0.2) is 29.3 Å². The van der Waals surface area contributed by atoms with Crippen molar-refractivity contribution in [1.82, 2.24) is 0 Å². The molecule has 5 nitrogen and oxygen atoms in total. The van der Waals surface area contributed by atoms with Gasteiger partial charge in [0.1, 0.15) is 22.7 Å². The lowest BCUT2D eigenvalue weighted by Gasteiger charge is -2.24. The zero-order valence-corrected chi connectivity index (χ0v) is 17.5. The molecule has 2 aromatic rings. The Kier molecular flexibility index (Phi) is 5.79. The molecule has 3 rings (SSSR count). The van der Waals surface area contributed by atoms with Crippen molar-refractivity contribution < 1.29 is 4.74 Å². The molecule has 7 heteroatoms. The number of nitrogens with one attached hydrogen (secondary N) is 2. The minimum atomic E-state index is -0.379. The fraction of sp³-hybridized carbons (Fsp3) is 0.350. The van der Waals surface area contributed by atoms with E-state index in [4.69, 9.17) is 32.1 Å². The number of aryl methyl sites for hydroxylation is 1. The molecule has 0 spiro atoms. The molecule has 1 aromatic heterocycles. The van der Waals surface area contributed by atoms with Gasteiger partial charge in [0.2, 0.25) is 0 Å². The number of ether oxygens (including phenoxy) is 1. The summed E-state index contributed by atoms with van der Waals surface area (Å²) in [5.41, 5.74) is 3.94. The largest absolute Gasteiger partial charge is 0.385 e. The molecule has 0 unspecified atom stereocenters. The summed E-state index contributed by atoms with van der Waals surface area (Å²) < 4.78 is 5.23. The normalized spacial score (nSPS) is 16.8. The van der Waals surface area contributed by atoms with Gasteiger partial charge in [0.25, 0.3) is 0 Å². The van der Waals surface area contributed by atoms with Gasteiger partial charge < -0.3 is 4.74 Å². The Morgan fingerprint density at radius 2 is 1.96 bits per heavy atom. The first kappa shape index (κ1) is 19.7. The third kappa shape index (κ3) is 3.70. The second-order valence-corrected chi connectivity index (χ2v) is 8.19. The predicted octanol–water partition coefficient (Wildman–Crippen LogP) is 5.06. The smallest absolute Gasteiger partial charge is 0.132 e. The van der Waals surface area contributed by atoms with Gasteiger partial charge in [-0.1, -0.05) is 23.7 Å². The lowest BCUT2D eigenvalue weighted by Crippen LogP contribution is -2.40. The van der Waals surface area contributed by atoms with E-state index in [1.54, 1.807) is 30.3 Å². The van der Waals surface area contributed by atoms with Gasteiger partial charge in [0, 0.05) is 41.2 Å². The van der Waals surface area contributed by atoms with Crippen molar-refractivity contribution in [3.63, 3.8) is 0 Å². The molecule has 0 saturated heterocycles. The van der Waals surface area contributed by atoms with Crippen LogP contribution in [0.3, 0.4) is 0 Å². The first-order chi connectivity index (χ1) is 12.8. The molecule has 2 heterocycles. The molecule has 27 heavy (non-hydrogen) atoms. The Morgan fingerprint density at radius 1 is 1.30 bits per heavy atom. The van der Waals surface area contributed by atoms with Crippen molar-refractivity contribution in [3.8, 4) is 0 Å². The Balaban J connectivity index is 2.26. The van der Waals surface area contributed by atoms with Gasteiger partial charge in [0.05, 0.1) is 5.71 Å². The summed E-state index contributed by atoms with van der Waals surface area (Å²) in [6.45, 7) is 6.36. The molecule has 142 valence electrons. The second kappa shape index (κ2) is 7.92. The SMILES string of the molecule is COCC[C@@H]1N=C(c2ccc(Cl)cc2)c2c(sc(C)c2C)N(C(C)=N)C1=N. The van der Waals surface area contributed by atoms with E-state index in [0.29, 0.717) is 29.7 Å². The van der Waals surface area contributed by atoms with Crippen molar-refractivity contribution >= 4 is 45.3 Å². The number of rotatable bonds is 4. The average molecular weight is 403 g/mol. The number of aliphatic imine (C=N–C) groups is 1. The second-order valence-electron chi connectivity index (χ2n) is 6.55. The zero-order chi connectivity index (χ0) is 19.7. The van der Waals surface area contributed by atoms with E-state index in [2.05, 4.69) is 13.8 Å². The van der Waals surface area contributed by atoms with Crippen molar-refractivity contribution in [3.05, 3.63) is 50.9 Å². The summed E-state index contributed by atoms with van der Waals surface area (Å²) in [6.07, 6.45) is 0.586. The highest BCUT2D eigenvalue weighted by atomic mass is 35.5. The maximum atomic E-state index is 8.76. The number of methoxy groups -OCH3 is 1. The summed E-state index contributed by atoms with van der Waals surface area (Å²) in [5.74, 6) is 0.628. The predicted molar refractivity (Wildman–Crippen MR) is 115 cm³/mol. The molecule has 1 atom stereocenters. The number of fused-ring (bicyclic) bond motifs is 1. The average Bonchev–Trinajstić information content (AvgIpc) is 2.83. The molecule has 0 bridgehead atoms. The first-order valence-electron chi connectivity index (χ1n) is 8.72. The minimum Gasteiger partial charge on any atom is -0.385 e. The number of hydrogen-bond acceptors (Lipinski definition) is 5. The quantitative estimate of drug-likeness (QED) is 0.554. The number of nitrogens with zero attached hydrogens (tertiary/aromatic N) is 2.